The first-order valence-electron chi connectivity index (χ1n) is 12.5. The summed E-state index contributed by atoms with van der Waals surface area (Å²) in [6.07, 6.45) is 0.282. The molecule has 0 aliphatic carbocycles. The molecule has 0 bridgehead atoms. The molecule has 1 fully saturated rings. The second-order valence-electron chi connectivity index (χ2n) is 9.72. The highest BCUT2D eigenvalue weighted by molar-refractivity contribution is 5.93. The minimum absolute atomic E-state index is 0.0701. The molecule has 198 valence electrons. The van der Waals surface area contributed by atoms with Crippen molar-refractivity contribution in [3.63, 3.8) is 0 Å². The number of carboxylic acid groups (broad SMARTS) is 1. The number of nitrogens with one attached hydrogen (secondary N) is 1. The third-order valence-electron chi connectivity index (χ3n) is 6.44. The fourth-order valence-electron chi connectivity index (χ4n) is 4.26. The third kappa shape index (κ3) is 7.55. The third-order valence-corrected chi connectivity index (χ3v) is 6.44. The van der Waals surface area contributed by atoms with E-state index >= 15 is 0 Å². The van der Waals surface area contributed by atoms with E-state index in [9.17, 15) is 24.3 Å². The van der Waals surface area contributed by atoms with Crippen molar-refractivity contribution in [3.05, 3.63) is 71.8 Å². The topological polar surface area (TPSA) is 116 Å². The normalized spacial score (nSPS) is 16.3. The summed E-state index contributed by atoms with van der Waals surface area (Å²) in [5, 5.41) is 12.2. The van der Waals surface area contributed by atoms with Crippen molar-refractivity contribution >= 4 is 23.9 Å². The molecule has 2 N–H and O–H groups in total. The lowest BCUT2D eigenvalue weighted by molar-refractivity contribution is -0.158. The maximum atomic E-state index is 13.5. The monoisotopic (exact) mass is 509 g/mol. The van der Waals surface area contributed by atoms with Crippen LogP contribution in [0.15, 0.2) is 60.7 Å². The van der Waals surface area contributed by atoms with Gasteiger partial charge in [-0.15, -0.1) is 0 Å². The Labute approximate surface area is 217 Å². The Bertz CT molecular complexity index is 1080. The minimum Gasteiger partial charge on any atom is -0.480 e. The number of carbonyl (C=O) groups is 4. The SMILES string of the molecule is CC(C)C[C@@H](C(=O)N[C@@H](Cc1ccccc1)C(=O)N1CC[C@H]1C(=O)O)N(C)C(=O)OCc1ccccc1. The molecule has 1 aliphatic heterocycles. The van der Waals surface area contributed by atoms with Crippen molar-refractivity contribution in [2.45, 2.75) is 57.8 Å². The standard InChI is InChI=1S/C28H35N3O6/c1-19(2)16-24(30(3)28(36)37-18-21-12-8-5-9-13-21)25(32)29-22(17-20-10-6-4-7-11-20)26(33)31-15-14-23(31)27(34)35/h4-13,19,22-24H,14-18H2,1-3H3,(H,29,32)(H,34,35)/t22-,23-,24-/m0/s1. The molecule has 3 amide bonds. The van der Waals surface area contributed by atoms with Crippen molar-refractivity contribution in [3.8, 4) is 0 Å². The second kappa shape index (κ2) is 12.9. The molecule has 37 heavy (non-hydrogen) atoms. The summed E-state index contributed by atoms with van der Waals surface area (Å²) in [7, 11) is 1.50. The smallest absolute Gasteiger partial charge is 0.410 e. The lowest BCUT2D eigenvalue weighted by Gasteiger charge is -2.40. The van der Waals surface area contributed by atoms with Gasteiger partial charge in [0.15, 0.2) is 0 Å². The van der Waals surface area contributed by atoms with Crippen molar-refractivity contribution in [1.82, 2.24) is 15.1 Å². The predicted molar refractivity (Wildman–Crippen MR) is 137 cm³/mol. The van der Waals surface area contributed by atoms with Gasteiger partial charge in [-0.05, 0) is 29.9 Å². The molecule has 0 radical (unpaired) electrons. The number of likely N-dealkylation sites (tertiary alicyclic amines) is 1. The molecule has 1 saturated heterocycles. The Hall–Kier alpha value is -3.88. The van der Waals surface area contributed by atoms with Gasteiger partial charge in [-0.2, -0.15) is 0 Å². The molecule has 0 unspecified atom stereocenters. The number of likely N-dealkylation sites (N-methyl/N-ethyl adjacent to an activating group) is 1. The molecule has 3 rings (SSSR count). The average molecular weight is 510 g/mol. The number of nitrogens with zero attached hydrogens (tertiary/aromatic N) is 2. The highest BCUT2D eigenvalue weighted by Crippen LogP contribution is 2.21. The maximum absolute atomic E-state index is 13.5. The van der Waals surface area contributed by atoms with Gasteiger partial charge in [-0.25, -0.2) is 9.59 Å². The van der Waals surface area contributed by atoms with Gasteiger partial charge in [0.1, 0.15) is 24.7 Å². The van der Waals surface area contributed by atoms with Crippen molar-refractivity contribution < 1.29 is 29.0 Å². The van der Waals surface area contributed by atoms with Crippen molar-refractivity contribution in [1.29, 1.82) is 0 Å². The molecule has 9 nitrogen and oxygen atoms in total. The van der Waals surface area contributed by atoms with Crippen molar-refractivity contribution in [2.75, 3.05) is 13.6 Å². The first kappa shape index (κ1) is 27.7. The number of hydrogen-bond acceptors (Lipinski definition) is 5. The minimum atomic E-state index is -1.07. The Morgan fingerprint density at radius 1 is 1.03 bits per heavy atom. The van der Waals surface area contributed by atoms with Crippen LogP contribution in [0.3, 0.4) is 0 Å². The highest BCUT2D eigenvalue weighted by atomic mass is 16.6. The summed E-state index contributed by atoms with van der Waals surface area (Å²) in [5.41, 5.74) is 1.65. The van der Waals surface area contributed by atoms with Crippen LogP contribution in [-0.4, -0.2) is 70.5 Å². The lowest BCUT2D eigenvalue weighted by atomic mass is 9.97. The van der Waals surface area contributed by atoms with E-state index in [-0.39, 0.29) is 18.9 Å². The van der Waals surface area contributed by atoms with Gasteiger partial charge in [0.25, 0.3) is 0 Å². The number of amides is 3. The first-order chi connectivity index (χ1) is 17.7. The van der Waals surface area contributed by atoms with Gasteiger partial charge in [0.2, 0.25) is 11.8 Å². The number of rotatable bonds is 11. The van der Waals surface area contributed by atoms with E-state index < -0.39 is 42.0 Å². The molecule has 1 heterocycles. The number of ether oxygens (including phenoxy) is 1. The van der Waals surface area contributed by atoms with Crippen LogP contribution in [-0.2, 0) is 32.1 Å². The van der Waals surface area contributed by atoms with E-state index in [1.54, 1.807) is 0 Å². The molecule has 1 aliphatic rings. The van der Waals surface area contributed by atoms with Crippen LogP contribution in [0.5, 0.6) is 0 Å². The fourth-order valence-corrected chi connectivity index (χ4v) is 4.26. The van der Waals surface area contributed by atoms with Gasteiger partial charge in [0, 0.05) is 20.0 Å². The summed E-state index contributed by atoms with van der Waals surface area (Å²) >= 11 is 0. The van der Waals surface area contributed by atoms with Crippen LogP contribution in [0.4, 0.5) is 4.79 Å². The molecular weight excluding hydrogens is 474 g/mol. The number of carbonyl (C=O) groups excluding carboxylic acids is 3. The van der Waals surface area contributed by atoms with Gasteiger partial charge in [0.05, 0.1) is 0 Å². The van der Waals surface area contributed by atoms with E-state index in [1.165, 1.54) is 16.8 Å². The molecule has 0 spiro atoms. The number of carboxylic acids is 1. The first-order valence-corrected chi connectivity index (χ1v) is 12.5. The molecule has 3 atom stereocenters. The summed E-state index contributed by atoms with van der Waals surface area (Å²) < 4.78 is 5.42. The molecule has 2 aromatic carbocycles. The van der Waals surface area contributed by atoms with Crippen LogP contribution in [0.2, 0.25) is 0 Å². The van der Waals surface area contributed by atoms with E-state index in [4.69, 9.17) is 4.74 Å². The number of hydrogen-bond donors (Lipinski definition) is 2. The van der Waals surface area contributed by atoms with E-state index in [2.05, 4.69) is 5.32 Å². The van der Waals surface area contributed by atoms with Crippen LogP contribution in [0.1, 0.15) is 37.8 Å². The van der Waals surface area contributed by atoms with Crippen molar-refractivity contribution in [2.24, 2.45) is 5.92 Å². The average Bonchev–Trinajstić information content (AvgIpc) is 2.85. The Balaban J connectivity index is 1.75. The summed E-state index contributed by atoms with van der Waals surface area (Å²) in [6, 6.07) is 15.7. The second-order valence-corrected chi connectivity index (χ2v) is 9.72. The van der Waals surface area contributed by atoms with Gasteiger partial charge in [-0.3, -0.25) is 14.5 Å². The van der Waals surface area contributed by atoms with Crippen LogP contribution in [0.25, 0.3) is 0 Å². The van der Waals surface area contributed by atoms with Gasteiger partial charge >= 0.3 is 12.1 Å². The van der Waals surface area contributed by atoms with Gasteiger partial charge < -0.3 is 20.1 Å². The zero-order valence-electron chi connectivity index (χ0n) is 21.5. The fraction of sp³-hybridized carbons (Fsp3) is 0.429. The zero-order chi connectivity index (χ0) is 26.9. The predicted octanol–water partition coefficient (Wildman–Crippen LogP) is 3.08. The summed E-state index contributed by atoms with van der Waals surface area (Å²) in [6.45, 7) is 4.26. The Morgan fingerprint density at radius 2 is 1.62 bits per heavy atom. The summed E-state index contributed by atoms with van der Waals surface area (Å²) in [5.74, 6) is -1.93. The molecular formula is C28H35N3O6. The van der Waals surface area contributed by atoms with Crippen LogP contribution in [0, 0.1) is 5.92 Å². The molecule has 2 aromatic rings. The quantitative estimate of drug-likeness (QED) is 0.481. The van der Waals surface area contributed by atoms with E-state index in [1.807, 2.05) is 74.5 Å². The maximum Gasteiger partial charge on any atom is 0.410 e. The van der Waals surface area contributed by atoms with Gasteiger partial charge in [-0.1, -0.05) is 74.5 Å². The van der Waals surface area contributed by atoms with Crippen LogP contribution < -0.4 is 5.32 Å². The lowest BCUT2D eigenvalue weighted by Crippen LogP contribution is -2.62. The highest BCUT2D eigenvalue weighted by Gasteiger charge is 2.41. The Morgan fingerprint density at radius 3 is 2.14 bits per heavy atom. The molecule has 9 heteroatoms. The van der Waals surface area contributed by atoms with E-state index in [0.717, 1.165) is 11.1 Å². The van der Waals surface area contributed by atoms with E-state index in [0.29, 0.717) is 19.4 Å². The largest absolute Gasteiger partial charge is 0.480 e. The molecule has 0 aromatic heterocycles. The van der Waals surface area contributed by atoms with Crippen LogP contribution >= 0.6 is 0 Å². The number of benzene rings is 2. The number of aliphatic carboxylic acids is 1. The zero-order valence-corrected chi connectivity index (χ0v) is 21.5. The summed E-state index contributed by atoms with van der Waals surface area (Å²) in [4.78, 5) is 53.7. The molecule has 0 saturated carbocycles. The Kier molecular flexibility index (Phi) is 9.65.